The standard InChI is InChI=1S/C18H26N4O3S/c1-3-24-8-5-7-19-17(23)15-12(2)14-16(21-11-22-18(14)26-15)20-10-13-6-4-9-25-13/h11,13H,3-10H2,1-2H3,(H,19,23)(H,20,21,22)/t13-/m0/s1. The van der Waals surface area contributed by atoms with Gasteiger partial charge in [-0.2, -0.15) is 0 Å². The number of carbonyl (C=O) groups excluding carboxylic acids is 1. The van der Waals surface area contributed by atoms with Gasteiger partial charge in [-0.1, -0.05) is 0 Å². The summed E-state index contributed by atoms with van der Waals surface area (Å²) < 4.78 is 10.9. The van der Waals surface area contributed by atoms with Crippen LogP contribution in [0.4, 0.5) is 5.82 Å². The number of nitrogens with zero attached hydrogens (tertiary/aromatic N) is 2. The first-order valence-corrected chi connectivity index (χ1v) is 9.97. The number of anilines is 1. The predicted octanol–water partition coefficient (Wildman–Crippen LogP) is 2.75. The second-order valence-electron chi connectivity index (χ2n) is 6.28. The largest absolute Gasteiger partial charge is 0.382 e. The molecule has 1 aliphatic rings. The van der Waals surface area contributed by atoms with Crippen molar-refractivity contribution in [2.75, 3.05) is 38.2 Å². The van der Waals surface area contributed by atoms with Gasteiger partial charge in [-0.05, 0) is 38.7 Å². The van der Waals surface area contributed by atoms with Crippen molar-refractivity contribution in [2.24, 2.45) is 0 Å². The fourth-order valence-corrected chi connectivity index (χ4v) is 4.10. The lowest BCUT2D eigenvalue weighted by atomic mass is 10.2. The minimum atomic E-state index is -0.0629. The molecule has 0 bridgehead atoms. The summed E-state index contributed by atoms with van der Waals surface area (Å²) in [6, 6.07) is 0. The third kappa shape index (κ3) is 4.49. The van der Waals surface area contributed by atoms with Crippen LogP contribution in [0.2, 0.25) is 0 Å². The van der Waals surface area contributed by atoms with Crippen molar-refractivity contribution < 1.29 is 14.3 Å². The van der Waals surface area contributed by atoms with E-state index in [4.69, 9.17) is 9.47 Å². The van der Waals surface area contributed by atoms with Crippen LogP contribution in [0.5, 0.6) is 0 Å². The molecule has 1 saturated heterocycles. The van der Waals surface area contributed by atoms with E-state index in [1.807, 2.05) is 13.8 Å². The Balaban J connectivity index is 1.68. The summed E-state index contributed by atoms with van der Waals surface area (Å²) in [4.78, 5) is 22.8. The Morgan fingerprint density at radius 1 is 1.46 bits per heavy atom. The Bertz CT molecular complexity index is 743. The Kier molecular flexibility index (Phi) is 6.76. The predicted molar refractivity (Wildman–Crippen MR) is 103 cm³/mol. The summed E-state index contributed by atoms with van der Waals surface area (Å²) in [7, 11) is 0. The van der Waals surface area contributed by atoms with Crippen LogP contribution < -0.4 is 10.6 Å². The van der Waals surface area contributed by atoms with Gasteiger partial charge in [0.05, 0.1) is 16.4 Å². The molecule has 3 heterocycles. The van der Waals surface area contributed by atoms with E-state index in [0.717, 1.165) is 54.0 Å². The highest BCUT2D eigenvalue weighted by Crippen LogP contribution is 2.33. The molecule has 3 rings (SSSR count). The highest BCUT2D eigenvalue weighted by Gasteiger charge is 2.20. The first kappa shape index (κ1) is 19.0. The van der Waals surface area contributed by atoms with E-state index in [-0.39, 0.29) is 12.0 Å². The van der Waals surface area contributed by atoms with Crippen molar-refractivity contribution in [1.29, 1.82) is 0 Å². The van der Waals surface area contributed by atoms with Crippen molar-refractivity contribution in [3.8, 4) is 0 Å². The van der Waals surface area contributed by atoms with Gasteiger partial charge in [-0.25, -0.2) is 9.97 Å². The van der Waals surface area contributed by atoms with Crippen LogP contribution in [0.15, 0.2) is 6.33 Å². The quantitative estimate of drug-likeness (QED) is 0.653. The van der Waals surface area contributed by atoms with Gasteiger partial charge in [0.2, 0.25) is 0 Å². The Hall–Kier alpha value is -1.77. The fraction of sp³-hybridized carbons (Fsp3) is 0.611. The smallest absolute Gasteiger partial charge is 0.261 e. The SMILES string of the molecule is CCOCCCNC(=O)c1sc2ncnc(NC[C@@H]3CCCO3)c2c1C. The zero-order valence-corrected chi connectivity index (χ0v) is 16.2. The molecule has 2 aromatic heterocycles. The lowest BCUT2D eigenvalue weighted by Gasteiger charge is -2.12. The van der Waals surface area contributed by atoms with Gasteiger partial charge in [0.1, 0.15) is 17.0 Å². The number of nitrogens with one attached hydrogen (secondary N) is 2. The van der Waals surface area contributed by atoms with Gasteiger partial charge in [-0.15, -0.1) is 11.3 Å². The Morgan fingerprint density at radius 2 is 2.35 bits per heavy atom. The van der Waals surface area contributed by atoms with Gasteiger partial charge in [0, 0.05) is 32.9 Å². The highest BCUT2D eigenvalue weighted by atomic mass is 32.1. The molecule has 1 atom stereocenters. The number of ether oxygens (including phenoxy) is 2. The topological polar surface area (TPSA) is 85.4 Å². The minimum Gasteiger partial charge on any atom is -0.382 e. The number of hydrogen-bond donors (Lipinski definition) is 2. The van der Waals surface area contributed by atoms with Crippen LogP contribution in [-0.4, -0.2) is 54.9 Å². The molecule has 1 amide bonds. The minimum absolute atomic E-state index is 0.0629. The van der Waals surface area contributed by atoms with Crippen molar-refractivity contribution in [3.63, 3.8) is 0 Å². The molecule has 0 saturated carbocycles. The first-order valence-electron chi connectivity index (χ1n) is 9.16. The summed E-state index contributed by atoms with van der Waals surface area (Å²) in [5, 5.41) is 7.26. The molecule has 0 aliphatic carbocycles. The molecule has 8 heteroatoms. The molecule has 2 aromatic rings. The molecule has 1 fully saturated rings. The fourth-order valence-electron chi connectivity index (χ4n) is 3.04. The van der Waals surface area contributed by atoms with Crippen molar-refractivity contribution in [3.05, 3.63) is 16.8 Å². The lowest BCUT2D eigenvalue weighted by molar-refractivity contribution is 0.0948. The second-order valence-corrected chi connectivity index (χ2v) is 7.28. The number of thiophene rings is 1. The molecule has 0 aromatic carbocycles. The van der Waals surface area contributed by atoms with E-state index in [1.54, 1.807) is 6.33 Å². The summed E-state index contributed by atoms with van der Waals surface area (Å²) in [5.41, 5.74) is 0.919. The number of hydrogen-bond acceptors (Lipinski definition) is 7. The van der Waals surface area contributed by atoms with Crippen LogP contribution in [0.25, 0.3) is 10.2 Å². The van der Waals surface area contributed by atoms with Crippen molar-refractivity contribution in [2.45, 2.75) is 39.2 Å². The number of aromatic nitrogens is 2. The lowest BCUT2D eigenvalue weighted by Crippen LogP contribution is -2.25. The number of rotatable bonds is 9. The molecule has 26 heavy (non-hydrogen) atoms. The van der Waals surface area contributed by atoms with Crippen LogP contribution in [0.1, 0.15) is 41.4 Å². The van der Waals surface area contributed by atoms with Crippen LogP contribution in [-0.2, 0) is 9.47 Å². The van der Waals surface area contributed by atoms with Gasteiger partial charge >= 0.3 is 0 Å². The maximum atomic E-state index is 12.5. The zero-order valence-electron chi connectivity index (χ0n) is 15.3. The summed E-state index contributed by atoms with van der Waals surface area (Å²) in [5.74, 6) is 0.710. The zero-order chi connectivity index (χ0) is 18.4. The molecule has 1 aliphatic heterocycles. The average Bonchev–Trinajstić information content (AvgIpc) is 3.28. The monoisotopic (exact) mass is 378 g/mol. The summed E-state index contributed by atoms with van der Waals surface area (Å²) >= 11 is 1.41. The van der Waals surface area contributed by atoms with E-state index in [2.05, 4.69) is 20.6 Å². The number of carbonyl (C=O) groups is 1. The average molecular weight is 378 g/mol. The van der Waals surface area contributed by atoms with Gasteiger partial charge in [0.15, 0.2) is 0 Å². The van der Waals surface area contributed by atoms with Gasteiger partial charge in [-0.3, -0.25) is 4.79 Å². The third-order valence-electron chi connectivity index (χ3n) is 4.41. The van der Waals surface area contributed by atoms with Crippen molar-refractivity contribution in [1.82, 2.24) is 15.3 Å². The Labute approximate surface area is 157 Å². The summed E-state index contributed by atoms with van der Waals surface area (Å²) in [6.45, 7) is 7.42. The number of fused-ring (bicyclic) bond motifs is 1. The number of amides is 1. The normalized spacial score (nSPS) is 16.9. The summed E-state index contributed by atoms with van der Waals surface area (Å²) in [6.07, 6.45) is 4.75. The molecule has 7 nitrogen and oxygen atoms in total. The van der Waals surface area contributed by atoms with E-state index in [1.165, 1.54) is 11.3 Å². The molecule has 142 valence electrons. The van der Waals surface area contributed by atoms with E-state index >= 15 is 0 Å². The molecule has 2 N–H and O–H groups in total. The van der Waals surface area contributed by atoms with E-state index in [0.29, 0.717) is 24.6 Å². The van der Waals surface area contributed by atoms with E-state index in [9.17, 15) is 4.79 Å². The maximum absolute atomic E-state index is 12.5. The molecular formula is C18H26N4O3S. The first-order chi connectivity index (χ1) is 12.7. The van der Waals surface area contributed by atoms with Gasteiger partial charge < -0.3 is 20.1 Å². The van der Waals surface area contributed by atoms with Gasteiger partial charge in [0.25, 0.3) is 5.91 Å². The molecule has 0 unspecified atom stereocenters. The third-order valence-corrected chi connectivity index (χ3v) is 5.61. The molecule has 0 spiro atoms. The number of aryl methyl sites for hydroxylation is 1. The van der Waals surface area contributed by atoms with Crippen LogP contribution in [0, 0.1) is 6.92 Å². The highest BCUT2D eigenvalue weighted by molar-refractivity contribution is 7.20. The Morgan fingerprint density at radius 3 is 3.12 bits per heavy atom. The van der Waals surface area contributed by atoms with Crippen LogP contribution in [0.3, 0.4) is 0 Å². The molecule has 0 radical (unpaired) electrons. The van der Waals surface area contributed by atoms with E-state index < -0.39 is 0 Å². The molecular weight excluding hydrogens is 352 g/mol. The van der Waals surface area contributed by atoms with Crippen molar-refractivity contribution >= 4 is 33.3 Å². The van der Waals surface area contributed by atoms with Crippen LogP contribution >= 0.6 is 11.3 Å². The second kappa shape index (κ2) is 9.25. The maximum Gasteiger partial charge on any atom is 0.261 e.